The van der Waals surface area contributed by atoms with E-state index in [0.717, 1.165) is 37.4 Å². The fraction of sp³-hybridized carbons (Fsp3) is 0.529. The Hall–Kier alpha value is -2.44. The van der Waals surface area contributed by atoms with Gasteiger partial charge in [-0.3, -0.25) is 4.79 Å². The minimum absolute atomic E-state index is 0.0999. The molecule has 7 nitrogen and oxygen atoms in total. The van der Waals surface area contributed by atoms with Crippen molar-refractivity contribution >= 4 is 11.7 Å². The van der Waals surface area contributed by atoms with Crippen molar-refractivity contribution < 1.29 is 4.79 Å². The molecule has 1 saturated heterocycles. The van der Waals surface area contributed by atoms with E-state index < -0.39 is 0 Å². The standard InChI is InChI=1S/C17H24N6O/c1-12(2)18-17(24)14-7-9-22(10-8-14)15-4-5-16(20-19-15)23-11-6-13(3)21-23/h4-6,11-12,14H,7-10H2,1-3H3,(H,18,24). The Kier molecular flexibility index (Phi) is 4.78. The second-order valence-corrected chi connectivity index (χ2v) is 6.58. The van der Waals surface area contributed by atoms with E-state index in [1.165, 1.54) is 0 Å². The molecule has 2 aromatic heterocycles. The molecule has 0 saturated carbocycles. The number of piperidine rings is 1. The number of nitrogens with one attached hydrogen (secondary N) is 1. The van der Waals surface area contributed by atoms with Crippen LogP contribution in [-0.2, 0) is 4.79 Å². The van der Waals surface area contributed by atoms with Gasteiger partial charge in [0.25, 0.3) is 0 Å². The van der Waals surface area contributed by atoms with Gasteiger partial charge in [-0.25, -0.2) is 4.68 Å². The summed E-state index contributed by atoms with van der Waals surface area (Å²) in [6.45, 7) is 7.57. The highest BCUT2D eigenvalue weighted by Crippen LogP contribution is 2.22. The third kappa shape index (κ3) is 3.72. The summed E-state index contributed by atoms with van der Waals surface area (Å²) in [6, 6.07) is 6.02. The van der Waals surface area contributed by atoms with Gasteiger partial charge >= 0.3 is 0 Å². The molecule has 1 amide bonds. The first-order chi connectivity index (χ1) is 11.5. The molecular formula is C17H24N6O. The largest absolute Gasteiger partial charge is 0.355 e. The summed E-state index contributed by atoms with van der Waals surface area (Å²) in [5, 5.41) is 15.9. The Labute approximate surface area is 142 Å². The number of rotatable bonds is 4. The van der Waals surface area contributed by atoms with Crippen molar-refractivity contribution in [3.05, 3.63) is 30.1 Å². The Morgan fingerprint density at radius 3 is 2.38 bits per heavy atom. The van der Waals surface area contributed by atoms with E-state index >= 15 is 0 Å². The molecule has 0 atom stereocenters. The van der Waals surface area contributed by atoms with Crippen LogP contribution in [0.5, 0.6) is 0 Å². The molecule has 3 heterocycles. The van der Waals surface area contributed by atoms with Crippen LogP contribution < -0.4 is 10.2 Å². The molecule has 1 aliphatic rings. The lowest BCUT2D eigenvalue weighted by Crippen LogP contribution is -2.42. The highest BCUT2D eigenvalue weighted by molar-refractivity contribution is 5.79. The van der Waals surface area contributed by atoms with E-state index in [1.807, 2.05) is 45.2 Å². The molecule has 0 unspecified atom stereocenters. The Morgan fingerprint density at radius 1 is 1.17 bits per heavy atom. The number of carbonyl (C=O) groups is 1. The summed E-state index contributed by atoms with van der Waals surface area (Å²) >= 11 is 0. The molecule has 24 heavy (non-hydrogen) atoms. The second kappa shape index (κ2) is 6.98. The lowest BCUT2D eigenvalue weighted by Gasteiger charge is -2.32. The molecule has 0 radical (unpaired) electrons. The normalized spacial score (nSPS) is 15.8. The van der Waals surface area contributed by atoms with Crippen molar-refractivity contribution in [3.8, 4) is 5.82 Å². The molecule has 3 rings (SSSR count). The first-order valence-corrected chi connectivity index (χ1v) is 8.44. The van der Waals surface area contributed by atoms with Crippen LogP contribution in [0.25, 0.3) is 5.82 Å². The molecule has 0 aromatic carbocycles. The number of nitrogens with zero attached hydrogens (tertiary/aromatic N) is 5. The zero-order chi connectivity index (χ0) is 17.1. The highest BCUT2D eigenvalue weighted by Gasteiger charge is 2.26. The third-order valence-corrected chi connectivity index (χ3v) is 4.21. The monoisotopic (exact) mass is 328 g/mol. The van der Waals surface area contributed by atoms with Gasteiger partial charge in [0.15, 0.2) is 11.6 Å². The minimum Gasteiger partial charge on any atom is -0.355 e. The molecule has 2 aromatic rings. The number of amides is 1. The quantitative estimate of drug-likeness (QED) is 0.925. The van der Waals surface area contributed by atoms with E-state index in [0.29, 0.717) is 5.82 Å². The summed E-state index contributed by atoms with van der Waals surface area (Å²) in [4.78, 5) is 14.3. The van der Waals surface area contributed by atoms with Crippen LogP contribution >= 0.6 is 0 Å². The van der Waals surface area contributed by atoms with Crippen molar-refractivity contribution in [1.82, 2.24) is 25.3 Å². The van der Waals surface area contributed by atoms with E-state index in [4.69, 9.17) is 0 Å². The molecule has 7 heteroatoms. The smallest absolute Gasteiger partial charge is 0.223 e. The maximum absolute atomic E-state index is 12.1. The van der Waals surface area contributed by atoms with Crippen LogP contribution in [0.1, 0.15) is 32.4 Å². The number of aromatic nitrogens is 4. The van der Waals surface area contributed by atoms with Crippen LogP contribution in [0.2, 0.25) is 0 Å². The maximum atomic E-state index is 12.1. The third-order valence-electron chi connectivity index (χ3n) is 4.21. The average molecular weight is 328 g/mol. The highest BCUT2D eigenvalue weighted by atomic mass is 16.1. The maximum Gasteiger partial charge on any atom is 0.223 e. The van der Waals surface area contributed by atoms with E-state index in [-0.39, 0.29) is 17.9 Å². The number of carbonyl (C=O) groups excluding carboxylic acids is 1. The molecule has 1 N–H and O–H groups in total. The van der Waals surface area contributed by atoms with Crippen LogP contribution in [0.15, 0.2) is 24.4 Å². The summed E-state index contributed by atoms with van der Waals surface area (Å²) in [6.07, 6.45) is 3.57. The SMILES string of the molecule is Cc1ccn(-c2ccc(N3CCC(C(=O)NC(C)C)CC3)nn2)n1. The lowest BCUT2D eigenvalue weighted by atomic mass is 9.95. The molecule has 0 aliphatic carbocycles. The Bertz CT molecular complexity index is 685. The van der Waals surface area contributed by atoms with Gasteiger partial charge in [0.1, 0.15) is 0 Å². The van der Waals surface area contributed by atoms with Crippen LogP contribution in [0.4, 0.5) is 5.82 Å². The van der Waals surface area contributed by atoms with Gasteiger partial charge in [0, 0.05) is 31.2 Å². The summed E-state index contributed by atoms with van der Waals surface area (Å²) in [5.41, 5.74) is 0.947. The van der Waals surface area contributed by atoms with Crippen molar-refractivity contribution in [1.29, 1.82) is 0 Å². The van der Waals surface area contributed by atoms with Gasteiger partial charge in [-0.1, -0.05) is 0 Å². The van der Waals surface area contributed by atoms with E-state index in [1.54, 1.807) is 4.68 Å². The van der Waals surface area contributed by atoms with Gasteiger partial charge in [0.05, 0.1) is 5.69 Å². The fourth-order valence-electron chi connectivity index (χ4n) is 2.92. The summed E-state index contributed by atoms with van der Waals surface area (Å²) in [7, 11) is 0. The van der Waals surface area contributed by atoms with Crippen LogP contribution in [-0.4, -0.2) is 45.0 Å². The van der Waals surface area contributed by atoms with Crippen molar-refractivity contribution in [2.45, 2.75) is 39.7 Å². The topological polar surface area (TPSA) is 75.9 Å². The molecule has 1 aliphatic heterocycles. The Morgan fingerprint density at radius 2 is 1.83 bits per heavy atom. The summed E-state index contributed by atoms with van der Waals surface area (Å²) in [5.74, 6) is 1.83. The van der Waals surface area contributed by atoms with E-state index in [2.05, 4.69) is 25.5 Å². The molecule has 128 valence electrons. The number of hydrogen-bond donors (Lipinski definition) is 1. The fourth-order valence-corrected chi connectivity index (χ4v) is 2.92. The zero-order valence-corrected chi connectivity index (χ0v) is 14.4. The average Bonchev–Trinajstić information content (AvgIpc) is 3.01. The lowest BCUT2D eigenvalue weighted by molar-refractivity contribution is -0.126. The van der Waals surface area contributed by atoms with Gasteiger partial charge < -0.3 is 10.2 Å². The predicted octanol–water partition coefficient (Wildman–Crippen LogP) is 1.71. The van der Waals surface area contributed by atoms with Crippen molar-refractivity contribution in [3.63, 3.8) is 0 Å². The van der Waals surface area contributed by atoms with Crippen LogP contribution in [0.3, 0.4) is 0 Å². The van der Waals surface area contributed by atoms with Gasteiger partial charge in [-0.2, -0.15) is 5.10 Å². The van der Waals surface area contributed by atoms with Gasteiger partial charge in [0.2, 0.25) is 5.91 Å². The molecule has 0 bridgehead atoms. The second-order valence-electron chi connectivity index (χ2n) is 6.58. The minimum atomic E-state index is 0.0999. The molecular weight excluding hydrogens is 304 g/mol. The van der Waals surface area contributed by atoms with Crippen LogP contribution in [0, 0.1) is 12.8 Å². The number of hydrogen-bond acceptors (Lipinski definition) is 5. The Balaban J connectivity index is 1.59. The van der Waals surface area contributed by atoms with Crippen molar-refractivity contribution in [2.75, 3.05) is 18.0 Å². The number of anilines is 1. The molecule has 1 fully saturated rings. The van der Waals surface area contributed by atoms with Gasteiger partial charge in [-0.05, 0) is 51.8 Å². The van der Waals surface area contributed by atoms with E-state index in [9.17, 15) is 4.79 Å². The number of aryl methyl sites for hydroxylation is 1. The predicted molar refractivity (Wildman–Crippen MR) is 92.1 cm³/mol. The summed E-state index contributed by atoms with van der Waals surface area (Å²) < 4.78 is 1.72. The van der Waals surface area contributed by atoms with Gasteiger partial charge in [-0.15, -0.1) is 10.2 Å². The van der Waals surface area contributed by atoms with Crippen molar-refractivity contribution in [2.24, 2.45) is 5.92 Å². The zero-order valence-electron chi connectivity index (χ0n) is 14.4. The molecule has 0 spiro atoms. The first kappa shape index (κ1) is 16.4. The first-order valence-electron chi connectivity index (χ1n) is 8.44.